The quantitative estimate of drug-likeness (QED) is 0.506. The van der Waals surface area contributed by atoms with Crippen LogP contribution in [0.5, 0.6) is 0 Å². The number of ketones is 1. The van der Waals surface area contributed by atoms with Crippen LogP contribution in [0.1, 0.15) is 41.0 Å². The third-order valence-corrected chi connectivity index (χ3v) is 2.43. The number of hydrogen-bond donors (Lipinski definition) is 0. The van der Waals surface area contributed by atoms with Crippen LogP contribution in [0.15, 0.2) is 22.8 Å². The number of allylic oxidation sites excluding steroid dienone is 3. The Morgan fingerprint density at radius 1 is 1.31 bits per heavy atom. The van der Waals surface area contributed by atoms with E-state index < -0.39 is 11.6 Å². The lowest BCUT2D eigenvalue weighted by Crippen LogP contribution is -2.23. The van der Waals surface area contributed by atoms with E-state index in [1.54, 1.807) is 27.7 Å². The summed E-state index contributed by atoms with van der Waals surface area (Å²) in [4.78, 5) is 23.2. The van der Waals surface area contributed by atoms with Gasteiger partial charge in [0.05, 0.1) is 0 Å². The van der Waals surface area contributed by atoms with Crippen LogP contribution in [0.4, 0.5) is 0 Å². The first-order chi connectivity index (χ1) is 7.20. The standard InChI is InChI=1S/C13H18O3/c1-8-6-10(12(15)9(8)2)7-11(14)16-13(3,4)5/h7H,6H2,1-5H3/b10-7+. The summed E-state index contributed by atoms with van der Waals surface area (Å²) in [5.74, 6) is -0.485. The number of esters is 1. The van der Waals surface area contributed by atoms with Crippen LogP contribution in [0.25, 0.3) is 0 Å². The van der Waals surface area contributed by atoms with E-state index in [-0.39, 0.29) is 5.78 Å². The molecule has 0 bridgehead atoms. The predicted octanol–water partition coefficient (Wildman–Crippen LogP) is 2.56. The van der Waals surface area contributed by atoms with Crippen molar-refractivity contribution in [2.45, 2.75) is 46.6 Å². The molecular weight excluding hydrogens is 204 g/mol. The third kappa shape index (κ3) is 3.05. The fourth-order valence-corrected chi connectivity index (χ4v) is 1.52. The van der Waals surface area contributed by atoms with Gasteiger partial charge in [-0.2, -0.15) is 0 Å². The molecule has 1 aliphatic rings. The molecule has 0 fully saturated rings. The molecule has 0 aromatic carbocycles. The number of carbonyl (C=O) groups excluding carboxylic acids is 2. The SMILES string of the molecule is CC1=C(C)C(=O)/C(=C/C(=O)OC(C)(C)C)C1. The Kier molecular flexibility index (Phi) is 3.36. The maximum Gasteiger partial charge on any atom is 0.331 e. The van der Waals surface area contributed by atoms with Crippen molar-refractivity contribution in [1.29, 1.82) is 0 Å². The highest BCUT2D eigenvalue weighted by molar-refractivity contribution is 6.13. The van der Waals surface area contributed by atoms with Gasteiger partial charge in [-0.05, 0) is 46.6 Å². The van der Waals surface area contributed by atoms with Crippen molar-refractivity contribution in [3.05, 3.63) is 22.8 Å². The Morgan fingerprint density at radius 2 is 1.88 bits per heavy atom. The second kappa shape index (κ2) is 4.24. The summed E-state index contributed by atoms with van der Waals surface area (Å²) < 4.78 is 5.13. The minimum Gasteiger partial charge on any atom is -0.457 e. The summed E-state index contributed by atoms with van der Waals surface area (Å²) in [6.45, 7) is 9.09. The summed E-state index contributed by atoms with van der Waals surface area (Å²) >= 11 is 0. The number of ether oxygens (including phenoxy) is 1. The molecule has 0 N–H and O–H groups in total. The van der Waals surface area contributed by atoms with Gasteiger partial charge >= 0.3 is 5.97 Å². The smallest absolute Gasteiger partial charge is 0.331 e. The summed E-state index contributed by atoms with van der Waals surface area (Å²) in [5.41, 5.74) is 1.78. The normalized spacial score (nSPS) is 19.6. The van der Waals surface area contributed by atoms with E-state index in [1.807, 2.05) is 6.92 Å². The Labute approximate surface area is 96.2 Å². The van der Waals surface area contributed by atoms with Crippen molar-refractivity contribution in [2.24, 2.45) is 0 Å². The molecule has 0 atom stereocenters. The molecule has 16 heavy (non-hydrogen) atoms. The molecule has 1 rings (SSSR count). The second-order valence-electron chi connectivity index (χ2n) is 5.11. The maximum absolute atomic E-state index is 11.7. The molecule has 0 aliphatic heterocycles. The zero-order valence-electron chi connectivity index (χ0n) is 10.5. The van der Waals surface area contributed by atoms with Gasteiger partial charge < -0.3 is 4.74 Å². The van der Waals surface area contributed by atoms with Crippen molar-refractivity contribution in [3.8, 4) is 0 Å². The topological polar surface area (TPSA) is 43.4 Å². The van der Waals surface area contributed by atoms with E-state index in [2.05, 4.69) is 0 Å². The monoisotopic (exact) mass is 222 g/mol. The predicted molar refractivity (Wildman–Crippen MR) is 61.9 cm³/mol. The van der Waals surface area contributed by atoms with E-state index in [4.69, 9.17) is 4.74 Å². The van der Waals surface area contributed by atoms with Crippen LogP contribution in [-0.4, -0.2) is 17.4 Å². The molecule has 1 aliphatic carbocycles. The maximum atomic E-state index is 11.7. The molecule has 3 heteroatoms. The molecule has 0 saturated heterocycles. The van der Waals surface area contributed by atoms with Gasteiger partial charge in [-0.15, -0.1) is 0 Å². The molecule has 0 saturated carbocycles. The molecule has 0 aromatic rings. The van der Waals surface area contributed by atoms with Gasteiger partial charge in [0.15, 0.2) is 5.78 Å². The first-order valence-electron chi connectivity index (χ1n) is 5.35. The molecule has 0 radical (unpaired) electrons. The molecule has 0 unspecified atom stereocenters. The summed E-state index contributed by atoms with van der Waals surface area (Å²) in [6.07, 6.45) is 1.87. The van der Waals surface area contributed by atoms with Gasteiger partial charge in [0, 0.05) is 11.6 Å². The Bertz CT molecular complexity index is 392. The zero-order valence-corrected chi connectivity index (χ0v) is 10.5. The zero-order chi connectivity index (χ0) is 12.5. The molecule has 0 heterocycles. The molecule has 0 amide bonds. The van der Waals surface area contributed by atoms with Gasteiger partial charge in [0.2, 0.25) is 0 Å². The summed E-state index contributed by atoms with van der Waals surface area (Å²) in [6, 6.07) is 0. The van der Waals surface area contributed by atoms with Crippen molar-refractivity contribution in [3.63, 3.8) is 0 Å². The first-order valence-corrected chi connectivity index (χ1v) is 5.35. The average Bonchev–Trinajstić information content (AvgIpc) is 2.30. The van der Waals surface area contributed by atoms with Gasteiger partial charge in [0.25, 0.3) is 0 Å². The molecule has 88 valence electrons. The molecule has 3 nitrogen and oxygen atoms in total. The Balaban J connectivity index is 2.75. The van der Waals surface area contributed by atoms with E-state index >= 15 is 0 Å². The van der Waals surface area contributed by atoms with E-state index in [9.17, 15) is 9.59 Å². The number of hydrogen-bond acceptors (Lipinski definition) is 3. The highest BCUT2D eigenvalue weighted by atomic mass is 16.6. The van der Waals surface area contributed by atoms with E-state index in [0.717, 1.165) is 11.1 Å². The van der Waals surface area contributed by atoms with Crippen molar-refractivity contribution in [2.75, 3.05) is 0 Å². The summed E-state index contributed by atoms with van der Waals surface area (Å²) in [7, 11) is 0. The highest BCUT2D eigenvalue weighted by Crippen LogP contribution is 2.27. The lowest BCUT2D eigenvalue weighted by atomic mass is 10.1. The highest BCUT2D eigenvalue weighted by Gasteiger charge is 2.24. The van der Waals surface area contributed by atoms with Crippen LogP contribution < -0.4 is 0 Å². The molecule has 0 spiro atoms. The number of rotatable bonds is 1. The van der Waals surface area contributed by atoms with Crippen molar-refractivity contribution in [1.82, 2.24) is 0 Å². The average molecular weight is 222 g/mol. The summed E-state index contributed by atoms with van der Waals surface area (Å²) in [5, 5.41) is 0. The van der Waals surface area contributed by atoms with Crippen LogP contribution >= 0.6 is 0 Å². The van der Waals surface area contributed by atoms with E-state index in [0.29, 0.717) is 12.0 Å². The van der Waals surface area contributed by atoms with Gasteiger partial charge in [-0.25, -0.2) is 4.79 Å². The Hall–Kier alpha value is -1.38. The van der Waals surface area contributed by atoms with E-state index in [1.165, 1.54) is 6.08 Å². The molecular formula is C13H18O3. The van der Waals surface area contributed by atoms with Crippen LogP contribution in [-0.2, 0) is 14.3 Å². The largest absolute Gasteiger partial charge is 0.457 e. The first kappa shape index (κ1) is 12.7. The second-order valence-corrected chi connectivity index (χ2v) is 5.11. The number of Topliss-reactive ketones (excluding diaryl/α,β-unsaturated/α-hetero) is 1. The number of carbonyl (C=O) groups is 2. The van der Waals surface area contributed by atoms with Gasteiger partial charge in [-0.1, -0.05) is 5.57 Å². The fourth-order valence-electron chi connectivity index (χ4n) is 1.52. The van der Waals surface area contributed by atoms with Gasteiger partial charge in [0.1, 0.15) is 5.60 Å². The van der Waals surface area contributed by atoms with Crippen molar-refractivity contribution < 1.29 is 14.3 Å². The van der Waals surface area contributed by atoms with Crippen LogP contribution in [0.2, 0.25) is 0 Å². The Morgan fingerprint density at radius 3 is 2.25 bits per heavy atom. The fraction of sp³-hybridized carbons (Fsp3) is 0.538. The van der Waals surface area contributed by atoms with Crippen LogP contribution in [0, 0.1) is 0 Å². The van der Waals surface area contributed by atoms with Crippen molar-refractivity contribution >= 4 is 11.8 Å². The minimum absolute atomic E-state index is 0.0386. The molecule has 0 aromatic heterocycles. The lowest BCUT2D eigenvalue weighted by Gasteiger charge is -2.18. The third-order valence-electron chi connectivity index (χ3n) is 2.43. The van der Waals surface area contributed by atoms with Gasteiger partial charge in [-0.3, -0.25) is 4.79 Å². The minimum atomic E-state index is -0.521. The van der Waals surface area contributed by atoms with Crippen LogP contribution in [0.3, 0.4) is 0 Å². The lowest BCUT2D eigenvalue weighted by molar-refractivity contribution is -0.148.